The molecule has 1 aromatic rings. The summed E-state index contributed by atoms with van der Waals surface area (Å²) in [5, 5.41) is 0. The van der Waals surface area contributed by atoms with Crippen LogP contribution in [0.15, 0.2) is 36.6 Å². The van der Waals surface area contributed by atoms with Gasteiger partial charge in [0.15, 0.2) is 23.1 Å². The molecule has 0 N–H and O–H groups in total. The lowest BCUT2D eigenvalue weighted by atomic mass is 9.82. The summed E-state index contributed by atoms with van der Waals surface area (Å²) in [7, 11) is 0. The monoisotopic (exact) mass is 298 g/mol. The number of carbonyl (C=O) groups is 2. The molecule has 2 aliphatic heterocycles. The number of allylic oxidation sites excluding steroid dienone is 2. The Morgan fingerprint density at radius 1 is 1.05 bits per heavy atom. The van der Waals surface area contributed by atoms with E-state index in [1.54, 1.807) is 18.2 Å². The van der Waals surface area contributed by atoms with Crippen molar-refractivity contribution in [3.8, 4) is 11.5 Å². The summed E-state index contributed by atoms with van der Waals surface area (Å²) in [6.45, 7) is 1.02. The van der Waals surface area contributed by atoms with Crippen LogP contribution < -0.4 is 9.47 Å². The van der Waals surface area contributed by atoms with Crippen molar-refractivity contribution in [2.75, 3.05) is 13.2 Å². The first-order chi connectivity index (χ1) is 10.7. The zero-order valence-electron chi connectivity index (χ0n) is 11.8. The Labute approximate surface area is 127 Å². The zero-order chi connectivity index (χ0) is 15.1. The van der Waals surface area contributed by atoms with Crippen molar-refractivity contribution >= 4 is 17.1 Å². The molecule has 0 fully saturated rings. The van der Waals surface area contributed by atoms with Crippen LogP contribution in [-0.2, 0) is 14.3 Å². The average Bonchev–Trinajstić information content (AvgIpc) is 2.54. The third-order valence-corrected chi connectivity index (χ3v) is 4.07. The van der Waals surface area contributed by atoms with Crippen LogP contribution in [-0.4, -0.2) is 30.9 Å². The smallest absolute Gasteiger partial charge is 0.177 e. The first kappa shape index (κ1) is 13.1. The molecule has 0 bridgehead atoms. The van der Waals surface area contributed by atoms with Crippen LogP contribution in [0.2, 0.25) is 0 Å². The molecule has 4 rings (SSSR count). The molecule has 5 heteroatoms. The Bertz CT molecular complexity index is 716. The molecule has 0 amide bonds. The number of ether oxygens (including phenoxy) is 3. The molecule has 22 heavy (non-hydrogen) atoms. The number of hydrogen-bond donors (Lipinski definition) is 0. The van der Waals surface area contributed by atoms with E-state index < -0.39 is 5.92 Å². The van der Waals surface area contributed by atoms with E-state index in [4.69, 9.17) is 14.2 Å². The quantitative estimate of drug-likeness (QED) is 0.792. The summed E-state index contributed by atoms with van der Waals surface area (Å²) in [5.41, 5.74) is 1.23. The zero-order valence-corrected chi connectivity index (χ0v) is 11.8. The number of Topliss-reactive ketones (excluding diaryl/α,β-unsaturated/α-hetero) is 1. The minimum absolute atomic E-state index is 0.00905. The Balaban J connectivity index is 1.67. The van der Waals surface area contributed by atoms with Gasteiger partial charge in [-0.3, -0.25) is 9.59 Å². The van der Waals surface area contributed by atoms with E-state index in [0.717, 1.165) is 5.56 Å². The molecule has 1 aliphatic carbocycles. The minimum atomic E-state index is -0.397. The molecule has 0 aromatic heterocycles. The first-order valence-corrected chi connectivity index (χ1v) is 7.23. The molecule has 2 heterocycles. The SMILES string of the molecule is O=C1C=C[C@H]2C(=O)C(c3ccc4c(c3)OCCO4)=CO[C@@H]2C1. The molecule has 0 saturated heterocycles. The molecule has 0 spiro atoms. The van der Waals surface area contributed by atoms with Gasteiger partial charge in [-0.2, -0.15) is 0 Å². The predicted molar refractivity (Wildman–Crippen MR) is 77.5 cm³/mol. The predicted octanol–water partition coefficient (Wildman–Crippen LogP) is 1.91. The summed E-state index contributed by atoms with van der Waals surface area (Å²) >= 11 is 0. The lowest BCUT2D eigenvalue weighted by Crippen LogP contribution is -2.36. The van der Waals surface area contributed by atoms with Crippen LogP contribution in [0, 0.1) is 5.92 Å². The van der Waals surface area contributed by atoms with E-state index in [1.165, 1.54) is 12.3 Å². The van der Waals surface area contributed by atoms with Crippen LogP contribution >= 0.6 is 0 Å². The van der Waals surface area contributed by atoms with Crippen LogP contribution in [0.4, 0.5) is 0 Å². The number of benzene rings is 1. The fourth-order valence-corrected chi connectivity index (χ4v) is 2.93. The Morgan fingerprint density at radius 2 is 1.86 bits per heavy atom. The molecular formula is C17H14O5. The molecule has 0 radical (unpaired) electrons. The molecular weight excluding hydrogens is 284 g/mol. The molecule has 112 valence electrons. The van der Waals surface area contributed by atoms with Crippen molar-refractivity contribution < 1.29 is 23.8 Å². The van der Waals surface area contributed by atoms with Gasteiger partial charge < -0.3 is 14.2 Å². The summed E-state index contributed by atoms with van der Waals surface area (Å²) < 4.78 is 16.6. The van der Waals surface area contributed by atoms with E-state index in [9.17, 15) is 9.59 Å². The van der Waals surface area contributed by atoms with Gasteiger partial charge in [0.1, 0.15) is 19.3 Å². The Hall–Kier alpha value is -2.56. The summed E-state index contributed by atoms with van der Waals surface area (Å²) in [5.74, 6) is 0.877. The molecule has 3 aliphatic rings. The summed E-state index contributed by atoms with van der Waals surface area (Å²) in [6, 6.07) is 5.41. The van der Waals surface area contributed by atoms with Gasteiger partial charge in [0, 0.05) is 6.42 Å². The third-order valence-electron chi connectivity index (χ3n) is 4.07. The second-order valence-corrected chi connectivity index (χ2v) is 5.48. The molecule has 2 atom stereocenters. The number of fused-ring (bicyclic) bond motifs is 2. The Kier molecular flexibility index (Phi) is 2.99. The van der Waals surface area contributed by atoms with Crippen LogP contribution in [0.1, 0.15) is 12.0 Å². The highest BCUT2D eigenvalue weighted by molar-refractivity contribution is 6.23. The normalized spacial score (nSPS) is 26.1. The van der Waals surface area contributed by atoms with Crippen molar-refractivity contribution in [3.05, 3.63) is 42.2 Å². The van der Waals surface area contributed by atoms with E-state index in [1.807, 2.05) is 6.07 Å². The second-order valence-electron chi connectivity index (χ2n) is 5.48. The fourth-order valence-electron chi connectivity index (χ4n) is 2.93. The number of ketones is 2. The largest absolute Gasteiger partial charge is 0.496 e. The molecule has 0 saturated carbocycles. The Morgan fingerprint density at radius 3 is 2.73 bits per heavy atom. The van der Waals surface area contributed by atoms with Gasteiger partial charge in [-0.1, -0.05) is 12.1 Å². The topological polar surface area (TPSA) is 61.8 Å². The minimum Gasteiger partial charge on any atom is -0.496 e. The van der Waals surface area contributed by atoms with Crippen molar-refractivity contribution in [1.29, 1.82) is 0 Å². The van der Waals surface area contributed by atoms with Crippen molar-refractivity contribution in [3.63, 3.8) is 0 Å². The molecule has 5 nitrogen and oxygen atoms in total. The standard InChI is InChI=1S/C17H14O5/c18-11-2-3-12-15(8-11)22-9-13(17(12)19)10-1-4-14-16(7-10)21-6-5-20-14/h1-4,7,9,12,15H,5-6,8H2/t12-,15-/m1/s1. The second kappa shape index (κ2) is 5.02. The summed E-state index contributed by atoms with van der Waals surface area (Å²) in [4.78, 5) is 24.1. The highest BCUT2D eigenvalue weighted by atomic mass is 16.6. The first-order valence-electron chi connectivity index (χ1n) is 7.23. The van der Waals surface area contributed by atoms with Gasteiger partial charge in [0.2, 0.25) is 0 Å². The van der Waals surface area contributed by atoms with E-state index in [-0.39, 0.29) is 24.1 Å². The van der Waals surface area contributed by atoms with Crippen molar-refractivity contribution in [2.24, 2.45) is 5.92 Å². The third kappa shape index (κ3) is 2.09. The molecule has 0 unspecified atom stereocenters. The van der Waals surface area contributed by atoms with E-state index in [2.05, 4.69) is 0 Å². The lowest BCUT2D eigenvalue weighted by molar-refractivity contribution is -0.124. The maximum absolute atomic E-state index is 12.7. The van der Waals surface area contributed by atoms with E-state index >= 15 is 0 Å². The van der Waals surface area contributed by atoms with Gasteiger partial charge in [0.25, 0.3) is 0 Å². The lowest BCUT2D eigenvalue weighted by Gasteiger charge is -2.30. The van der Waals surface area contributed by atoms with Gasteiger partial charge in [-0.15, -0.1) is 0 Å². The number of rotatable bonds is 1. The van der Waals surface area contributed by atoms with Crippen molar-refractivity contribution in [1.82, 2.24) is 0 Å². The van der Waals surface area contributed by atoms with Crippen LogP contribution in [0.25, 0.3) is 5.57 Å². The highest BCUT2D eigenvalue weighted by Crippen LogP contribution is 2.37. The van der Waals surface area contributed by atoms with E-state index in [0.29, 0.717) is 30.3 Å². The number of hydrogen-bond acceptors (Lipinski definition) is 5. The van der Waals surface area contributed by atoms with Gasteiger partial charge in [-0.25, -0.2) is 0 Å². The maximum atomic E-state index is 12.7. The number of carbonyl (C=O) groups excluding carboxylic acids is 2. The molecule has 1 aromatic carbocycles. The highest BCUT2D eigenvalue weighted by Gasteiger charge is 2.37. The maximum Gasteiger partial charge on any atom is 0.177 e. The van der Waals surface area contributed by atoms with Crippen LogP contribution in [0.5, 0.6) is 11.5 Å². The van der Waals surface area contributed by atoms with Gasteiger partial charge in [-0.05, 0) is 23.8 Å². The fraction of sp³-hybridized carbons (Fsp3) is 0.294. The van der Waals surface area contributed by atoms with Gasteiger partial charge >= 0.3 is 0 Å². The average molecular weight is 298 g/mol. The van der Waals surface area contributed by atoms with Crippen molar-refractivity contribution in [2.45, 2.75) is 12.5 Å². The van der Waals surface area contributed by atoms with Gasteiger partial charge in [0.05, 0.1) is 17.8 Å². The van der Waals surface area contributed by atoms with Crippen LogP contribution in [0.3, 0.4) is 0 Å². The summed E-state index contributed by atoms with van der Waals surface area (Å²) in [6.07, 6.45) is 4.43.